The molecule has 0 aliphatic carbocycles. The highest BCUT2D eigenvalue weighted by molar-refractivity contribution is 5.94. The molecular weight excluding hydrogens is 195 g/mol. The Balaban J connectivity index is 2.40. The SMILES string of the molecule is NCCCCNC(=O)c1cccc(F)c1. The number of unbranched alkanes of at least 4 members (excludes halogenated alkanes) is 1. The quantitative estimate of drug-likeness (QED) is 0.719. The summed E-state index contributed by atoms with van der Waals surface area (Å²) in [7, 11) is 0. The van der Waals surface area contributed by atoms with Crippen molar-refractivity contribution in [3.8, 4) is 0 Å². The zero-order valence-electron chi connectivity index (χ0n) is 8.50. The summed E-state index contributed by atoms with van der Waals surface area (Å²) in [5.74, 6) is -0.642. The van der Waals surface area contributed by atoms with Crippen molar-refractivity contribution in [3.63, 3.8) is 0 Å². The molecule has 4 heteroatoms. The van der Waals surface area contributed by atoms with E-state index in [-0.39, 0.29) is 5.91 Å². The van der Waals surface area contributed by atoms with E-state index in [1.807, 2.05) is 0 Å². The molecule has 0 radical (unpaired) electrons. The Bertz CT molecular complexity index is 328. The Kier molecular flexibility index (Phi) is 4.77. The Morgan fingerprint density at radius 1 is 1.40 bits per heavy atom. The van der Waals surface area contributed by atoms with Crippen molar-refractivity contribution in [2.24, 2.45) is 5.73 Å². The van der Waals surface area contributed by atoms with Crippen LogP contribution in [-0.2, 0) is 0 Å². The van der Waals surface area contributed by atoms with E-state index < -0.39 is 5.82 Å². The number of nitrogens with two attached hydrogens (primary N) is 1. The molecular formula is C11H15FN2O. The summed E-state index contributed by atoms with van der Waals surface area (Å²) in [6, 6.07) is 5.63. The minimum absolute atomic E-state index is 0.244. The lowest BCUT2D eigenvalue weighted by atomic mass is 10.2. The minimum Gasteiger partial charge on any atom is -0.352 e. The molecule has 0 aromatic heterocycles. The van der Waals surface area contributed by atoms with Crippen LogP contribution >= 0.6 is 0 Å². The summed E-state index contributed by atoms with van der Waals surface area (Å²) in [5.41, 5.74) is 5.66. The number of hydrogen-bond donors (Lipinski definition) is 2. The third-order valence-electron chi connectivity index (χ3n) is 2.00. The molecule has 0 aliphatic heterocycles. The van der Waals surface area contributed by atoms with Crippen molar-refractivity contribution in [2.75, 3.05) is 13.1 Å². The number of carbonyl (C=O) groups excluding carboxylic acids is 1. The van der Waals surface area contributed by atoms with Gasteiger partial charge in [-0.3, -0.25) is 4.79 Å². The molecule has 82 valence electrons. The summed E-state index contributed by atoms with van der Waals surface area (Å²) in [6.07, 6.45) is 1.72. The lowest BCUT2D eigenvalue weighted by Crippen LogP contribution is -2.24. The summed E-state index contributed by atoms with van der Waals surface area (Å²) >= 11 is 0. The topological polar surface area (TPSA) is 55.1 Å². The van der Waals surface area contributed by atoms with Crippen LogP contribution in [0.25, 0.3) is 0 Å². The number of halogens is 1. The van der Waals surface area contributed by atoms with Crippen LogP contribution in [0.1, 0.15) is 23.2 Å². The van der Waals surface area contributed by atoms with Crippen LogP contribution in [0.5, 0.6) is 0 Å². The summed E-state index contributed by atoms with van der Waals surface area (Å²) in [5, 5.41) is 2.70. The predicted octanol–water partition coefficient (Wildman–Crippen LogP) is 1.29. The fourth-order valence-corrected chi connectivity index (χ4v) is 1.20. The predicted molar refractivity (Wildman–Crippen MR) is 57.0 cm³/mol. The van der Waals surface area contributed by atoms with Crippen molar-refractivity contribution in [1.82, 2.24) is 5.32 Å². The molecule has 15 heavy (non-hydrogen) atoms. The molecule has 3 N–H and O–H groups in total. The molecule has 0 saturated carbocycles. The van der Waals surface area contributed by atoms with Gasteiger partial charge in [-0.2, -0.15) is 0 Å². The van der Waals surface area contributed by atoms with Gasteiger partial charge in [0.1, 0.15) is 5.82 Å². The lowest BCUT2D eigenvalue weighted by Gasteiger charge is -2.04. The van der Waals surface area contributed by atoms with Gasteiger partial charge >= 0.3 is 0 Å². The first kappa shape index (κ1) is 11.7. The highest BCUT2D eigenvalue weighted by atomic mass is 19.1. The number of carbonyl (C=O) groups is 1. The first-order chi connectivity index (χ1) is 7.24. The average molecular weight is 210 g/mol. The van der Waals surface area contributed by atoms with Gasteiger partial charge in [0, 0.05) is 12.1 Å². The zero-order valence-corrected chi connectivity index (χ0v) is 8.50. The van der Waals surface area contributed by atoms with Crippen molar-refractivity contribution in [1.29, 1.82) is 0 Å². The third-order valence-corrected chi connectivity index (χ3v) is 2.00. The van der Waals surface area contributed by atoms with Gasteiger partial charge in [0.15, 0.2) is 0 Å². The van der Waals surface area contributed by atoms with Gasteiger partial charge in [0.25, 0.3) is 5.91 Å². The summed E-state index contributed by atoms with van der Waals surface area (Å²) in [6.45, 7) is 1.20. The molecule has 1 amide bonds. The van der Waals surface area contributed by atoms with E-state index in [1.165, 1.54) is 18.2 Å². The molecule has 0 heterocycles. The van der Waals surface area contributed by atoms with E-state index in [1.54, 1.807) is 6.07 Å². The molecule has 3 nitrogen and oxygen atoms in total. The standard InChI is InChI=1S/C11H15FN2O/c12-10-5-3-4-9(8-10)11(15)14-7-2-1-6-13/h3-5,8H,1-2,6-7,13H2,(H,14,15). The number of amides is 1. The Hall–Kier alpha value is -1.42. The van der Waals surface area contributed by atoms with Gasteiger partial charge in [-0.05, 0) is 37.6 Å². The van der Waals surface area contributed by atoms with E-state index in [4.69, 9.17) is 5.73 Å². The maximum atomic E-state index is 12.8. The Labute approximate surface area is 88.5 Å². The maximum Gasteiger partial charge on any atom is 0.251 e. The smallest absolute Gasteiger partial charge is 0.251 e. The van der Waals surface area contributed by atoms with Crippen LogP contribution in [0.4, 0.5) is 4.39 Å². The second-order valence-electron chi connectivity index (χ2n) is 3.26. The first-order valence-corrected chi connectivity index (χ1v) is 4.98. The number of hydrogen-bond acceptors (Lipinski definition) is 2. The van der Waals surface area contributed by atoms with Gasteiger partial charge in [-0.1, -0.05) is 6.07 Å². The minimum atomic E-state index is -0.399. The van der Waals surface area contributed by atoms with Crippen molar-refractivity contribution >= 4 is 5.91 Å². The number of nitrogens with one attached hydrogen (secondary N) is 1. The molecule has 0 spiro atoms. The van der Waals surface area contributed by atoms with Crippen LogP contribution in [-0.4, -0.2) is 19.0 Å². The van der Waals surface area contributed by atoms with Gasteiger partial charge < -0.3 is 11.1 Å². The Morgan fingerprint density at radius 2 is 2.20 bits per heavy atom. The lowest BCUT2D eigenvalue weighted by molar-refractivity contribution is 0.0952. The summed E-state index contributed by atoms with van der Waals surface area (Å²) in [4.78, 5) is 11.5. The normalized spacial score (nSPS) is 10.0. The second kappa shape index (κ2) is 6.14. The van der Waals surface area contributed by atoms with E-state index in [2.05, 4.69) is 5.32 Å². The average Bonchev–Trinajstić information content (AvgIpc) is 2.24. The Morgan fingerprint density at radius 3 is 2.87 bits per heavy atom. The molecule has 1 aromatic carbocycles. The molecule has 1 aromatic rings. The fourth-order valence-electron chi connectivity index (χ4n) is 1.20. The first-order valence-electron chi connectivity index (χ1n) is 4.98. The van der Waals surface area contributed by atoms with Gasteiger partial charge in [-0.15, -0.1) is 0 Å². The maximum absolute atomic E-state index is 12.8. The molecule has 0 aliphatic rings. The van der Waals surface area contributed by atoms with Crippen LogP contribution in [0, 0.1) is 5.82 Å². The van der Waals surface area contributed by atoms with Crippen LogP contribution in [0.2, 0.25) is 0 Å². The largest absolute Gasteiger partial charge is 0.352 e. The van der Waals surface area contributed by atoms with Gasteiger partial charge in [0.2, 0.25) is 0 Å². The van der Waals surface area contributed by atoms with Gasteiger partial charge in [-0.25, -0.2) is 4.39 Å². The molecule has 0 bridgehead atoms. The number of benzene rings is 1. The van der Waals surface area contributed by atoms with Crippen molar-refractivity contribution < 1.29 is 9.18 Å². The molecule has 0 saturated heterocycles. The molecule has 0 fully saturated rings. The highest BCUT2D eigenvalue weighted by Gasteiger charge is 2.04. The van der Waals surface area contributed by atoms with Crippen molar-refractivity contribution in [2.45, 2.75) is 12.8 Å². The van der Waals surface area contributed by atoms with Gasteiger partial charge in [0.05, 0.1) is 0 Å². The molecule has 0 atom stereocenters. The van der Waals surface area contributed by atoms with Crippen LogP contribution in [0.15, 0.2) is 24.3 Å². The van der Waals surface area contributed by atoms with E-state index in [9.17, 15) is 9.18 Å². The van der Waals surface area contributed by atoms with Crippen LogP contribution < -0.4 is 11.1 Å². The molecule has 1 rings (SSSR count). The van der Waals surface area contributed by atoms with E-state index >= 15 is 0 Å². The monoisotopic (exact) mass is 210 g/mol. The van der Waals surface area contributed by atoms with Crippen LogP contribution in [0.3, 0.4) is 0 Å². The third kappa shape index (κ3) is 4.08. The van der Waals surface area contributed by atoms with E-state index in [0.29, 0.717) is 18.7 Å². The summed E-state index contributed by atoms with van der Waals surface area (Å²) < 4.78 is 12.8. The molecule has 0 unspecified atom stereocenters. The van der Waals surface area contributed by atoms with E-state index in [0.717, 1.165) is 12.8 Å². The van der Waals surface area contributed by atoms with Crippen molar-refractivity contribution in [3.05, 3.63) is 35.6 Å². The zero-order chi connectivity index (χ0) is 11.1. The fraction of sp³-hybridized carbons (Fsp3) is 0.364. The number of rotatable bonds is 5. The second-order valence-corrected chi connectivity index (χ2v) is 3.26. The highest BCUT2D eigenvalue weighted by Crippen LogP contribution is 2.02.